The zero-order chi connectivity index (χ0) is 26.6. The minimum atomic E-state index is -3.94. The highest BCUT2D eigenvalue weighted by molar-refractivity contribution is 7.89. The summed E-state index contributed by atoms with van der Waals surface area (Å²) in [7, 11) is -2.70. The number of esters is 1. The molecule has 194 valence electrons. The van der Waals surface area contributed by atoms with Gasteiger partial charge in [-0.05, 0) is 41.5 Å². The van der Waals surface area contributed by atoms with Crippen LogP contribution in [0.5, 0.6) is 0 Å². The number of carbonyl (C=O) groups excluding carboxylic acids is 3. The highest BCUT2D eigenvalue weighted by Crippen LogP contribution is 2.30. The van der Waals surface area contributed by atoms with Crippen LogP contribution in [0.2, 0.25) is 0 Å². The summed E-state index contributed by atoms with van der Waals surface area (Å²) in [6.45, 7) is -0.309. The van der Waals surface area contributed by atoms with Crippen LogP contribution in [0.15, 0.2) is 71.6 Å². The zero-order valence-electron chi connectivity index (χ0n) is 20.1. The van der Waals surface area contributed by atoms with E-state index in [1.807, 2.05) is 24.3 Å². The molecular formula is C26H27N3O6S2. The van der Waals surface area contributed by atoms with Crippen molar-refractivity contribution < 1.29 is 27.5 Å². The Labute approximate surface area is 220 Å². The SMILES string of the molecule is COC(=O)c1ccccc1NC(=O)CNCC(=O)C1CC(S)CN1S(=O)(=O)c1ccc2ccccc2c1. The van der Waals surface area contributed by atoms with Gasteiger partial charge in [-0.2, -0.15) is 16.9 Å². The van der Waals surface area contributed by atoms with E-state index in [1.54, 1.807) is 36.4 Å². The number of para-hydroxylation sites is 1. The Bertz CT molecular complexity index is 1440. The number of sulfonamides is 1. The Kier molecular flexibility index (Phi) is 8.28. The molecule has 0 saturated carbocycles. The molecule has 1 aliphatic heterocycles. The van der Waals surface area contributed by atoms with Crippen molar-refractivity contribution in [1.29, 1.82) is 0 Å². The van der Waals surface area contributed by atoms with E-state index in [1.165, 1.54) is 17.5 Å². The highest BCUT2D eigenvalue weighted by Gasteiger charge is 2.42. The summed E-state index contributed by atoms with van der Waals surface area (Å²) in [6.07, 6.45) is 0.273. The van der Waals surface area contributed by atoms with Gasteiger partial charge in [0.25, 0.3) is 0 Å². The molecule has 2 atom stereocenters. The van der Waals surface area contributed by atoms with Gasteiger partial charge in [0.2, 0.25) is 15.9 Å². The summed E-state index contributed by atoms with van der Waals surface area (Å²) in [5.74, 6) is -1.42. The number of hydrogen-bond donors (Lipinski definition) is 3. The standard InChI is InChI=1S/C26H27N3O6S2/c1-35-26(32)21-8-4-5-9-22(21)28-25(31)15-27-14-24(30)23-13-19(36)16-29(23)37(33,34)20-11-10-17-6-2-3-7-18(17)12-20/h2-12,19,23,27,36H,13-16H2,1H3,(H,28,31). The van der Waals surface area contributed by atoms with Crippen molar-refractivity contribution in [2.75, 3.05) is 32.1 Å². The number of rotatable bonds is 9. The van der Waals surface area contributed by atoms with Gasteiger partial charge in [-0.1, -0.05) is 42.5 Å². The Hall–Kier alpha value is -3.25. The molecule has 0 spiro atoms. The Morgan fingerprint density at radius 1 is 1.00 bits per heavy atom. The van der Waals surface area contributed by atoms with Crippen LogP contribution in [-0.4, -0.2) is 68.4 Å². The van der Waals surface area contributed by atoms with Crippen molar-refractivity contribution in [2.24, 2.45) is 0 Å². The largest absolute Gasteiger partial charge is 0.465 e. The van der Waals surface area contributed by atoms with Gasteiger partial charge in [0.15, 0.2) is 5.78 Å². The van der Waals surface area contributed by atoms with Crippen molar-refractivity contribution in [1.82, 2.24) is 9.62 Å². The van der Waals surface area contributed by atoms with Crippen molar-refractivity contribution in [3.63, 3.8) is 0 Å². The molecule has 1 amide bonds. The number of carbonyl (C=O) groups is 3. The fourth-order valence-corrected chi connectivity index (χ4v) is 6.48. The Balaban J connectivity index is 1.40. The number of thiol groups is 1. The smallest absolute Gasteiger partial charge is 0.339 e. The van der Waals surface area contributed by atoms with Crippen LogP contribution in [0, 0.1) is 0 Å². The van der Waals surface area contributed by atoms with Gasteiger partial charge in [-0.3, -0.25) is 9.59 Å². The molecular weight excluding hydrogens is 514 g/mol. The monoisotopic (exact) mass is 541 g/mol. The molecule has 1 aliphatic rings. The Morgan fingerprint density at radius 3 is 2.46 bits per heavy atom. The number of methoxy groups -OCH3 is 1. The number of hydrogen-bond acceptors (Lipinski definition) is 8. The molecule has 1 fully saturated rings. The fraction of sp³-hybridized carbons (Fsp3) is 0.269. The Morgan fingerprint density at radius 2 is 1.70 bits per heavy atom. The number of anilines is 1. The maximum atomic E-state index is 13.5. The third-order valence-corrected chi connectivity index (χ3v) is 8.37. The molecule has 3 aromatic carbocycles. The average molecular weight is 542 g/mol. The zero-order valence-corrected chi connectivity index (χ0v) is 21.8. The normalized spacial score (nSPS) is 18.0. The first kappa shape index (κ1) is 26.8. The van der Waals surface area contributed by atoms with Crippen LogP contribution in [-0.2, 0) is 24.3 Å². The summed E-state index contributed by atoms with van der Waals surface area (Å²) < 4.78 is 32.8. The number of nitrogens with zero attached hydrogens (tertiary/aromatic N) is 1. The lowest BCUT2D eigenvalue weighted by molar-refractivity contribution is -0.121. The van der Waals surface area contributed by atoms with E-state index in [0.29, 0.717) is 0 Å². The number of amides is 1. The molecule has 3 aromatic rings. The van der Waals surface area contributed by atoms with Gasteiger partial charge in [0, 0.05) is 11.8 Å². The number of nitrogens with one attached hydrogen (secondary N) is 2. The lowest BCUT2D eigenvalue weighted by Gasteiger charge is -2.23. The van der Waals surface area contributed by atoms with Crippen LogP contribution < -0.4 is 10.6 Å². The van der Waals surface area contributed by atoms with Crippen LogP contribution in [0.4, 0.5) is 5.69 Å². The second-order valence-corrected chi connectivity index (χ2v) is 11.3. The molecule has 2 unspecified atom stereocenters. The average Bonchev–Trinajstić information content (AvgIpc) is 3.31. The minimum absolute atomic E-state index is 0.111. The minimum Gasteiger partial charge on any atom is -0.465 e. The topological polar surface area (TPSA) is 122 Å². The van der Waals surface area contributed by atoms with Gasteiger partial charge in [-0.15, -0.1) is 0 Å². The van der Waals surface area contributed by atoms with E-state index < -0.39 is 27.9 Å². The van der Waals surface area contributed by atoms with Crippen molar-refractivity contribution in [3.8, 4) is 0 Å². The molecule has 0 aromatic heterocycles. The van der Waals surface area contributed by atoms with Crippen LogP contribution in [0.25, 0.3) is 10.8 Å². The molecule has 0 radical (unpaired) electrons. The predicted octanol–water partition coefficient (Wildman–Crippen LogP) is 2.49. The van der Waals surface area contributed by atoms with E-state index in [-0.39, 0.29) is 53.2 Å². The van der Waals surface area contributed by atoms with Crippen molar-refractivity contribution in [2.45, 2.75) is 22.6 Å². The maximum absolute atomic E-state index is 13.5. The third-order valence-electron chi connectivity index (χ3n) is 6.12. The first-order valence-electron chi connectivity index (χ1n) is 11.6. The molecule has 0 bridgehead atoms. The van der Waals surface area contributed by atoms with Crippen LogP contribution in [0.1, 0.15) is 16.8 Å². The van der Waals surface area contributed by atoms with Crippen molar-refractivity contribution in [3.05, 3.63) is 72.3 Å². The van der Waals surface area contributed by atoms with E-state index in [2.05, 4.69) is 23.3 Å². The lowest BCUT2D eigenvalue weighted by Crippen LogP contribution is -2.44. The van der Waals surface area contributed by atoms with Gasteiger partial charge in [0.05, 0.1) is 42.4 Å². The highest BCUT2D eigenvalue weighted by atomic mass is 32.2. The molecule has 37 heavy (non-hydrogen) atoms. The molecule has 4 rings (SSSR count). The van der Waals surface area contributed by atoms with E-state index >= 15 is 0 Å². The number of fused-ring (bicyclic) bond motifs is 1. The first-order chi connectivity index (χ1) is 17.7. The fourth-order valence-electron chi connectivity index (χ4n) is 4.30. The lowest BCUT2D eigenvalue weighted by atomic mass is 10.1. The van der Waals surface area contributed by atoms with Gasteiger partial charge in [0.1, 0.15) is 0 Å². The van der Waals surface area contributed by atoms with E-state index in [4.69, 9.17) is 4.74 Å². The molecule has 0 aliphatic carbocycles. The molecule has 9 nitrogen and oxygen atoms in total. The maximum Gasteiger partial charge on any atom is 0.339 e. The first-order valence-corrected chi connectivity index (χ1v) is 13.6. The summed E-state index contributed by atoms with van der Waals surface area (Å²) in [6, 6.07) is 17.8. The summed E-state index contributed by atoms with van der Waals surface area (Å²) in [4.78, 5) is 37.4. The molecule has 1 saturated heterocycles. The molecule has 2 N–H and O–H groups in total. The quantitative estimate of drug-likeness (QED) is 0.281. The van der Waals surface area contributed by atoms with Crippen molar-refractivity contribution >= 4 is 56.8 Å². The van der Waals surface area contributed by atoms with Crippen LogP contribution >= 0.6 is 12.6 Å². The van der Waals surface area contributed by atoms with E-state index in [9.17, 15) is 22.8 Å². The van der Waals surface area contributed by atoms with E-state index in [0.717, 1.165) is 10.8 Å². The summed E-state index contributed by atoms with van der Waals surface area (Å²) in [5, 5.41) is 6.80. The number of benzene rings is 3. The number of ketones is 1. The van der Waals surface area contributed by atoms with Gasteiger partial charge < -0.3 is 15.4 Å². The second kappa shape index (κ2) is 11.4. The number of ether oxygens (including phenoxy) is 1. The molecule has 1 heterocycles. The predicted molar refractivity (Wildman–Crippen MR) is 143 cm³/mol. The summed E-state index contributed by atoms with van der Waals surface area (Å²) >= 11 is 4.44. The summed E-state index contributed by atoms with van der Waals surface area (Å²) in [5.41, 5.74) is 0.489. The second-order valence-electron chi connectivity index (χ2n) is 8.64. The van der Waals surface area contributed by atoms with Gasteiger partial charge >= 0.3 is 5.97 Å². The van der Waals surface area contributed by atoms with Crippen LogP contribution in [0.3, 0.4) is 0 Å². The van der Waals surface area contributed by atoms with Gasteiger partial charge in [-0.25, -0.2) is 13.2 Å². The number of Topliss-reactive ketones (excluding diaryl/α,β-unsaturated/α-hetero) is 1. The third kappa shape index (κ3) is 6.02. The molecule has 11 heteroatoms.